The summed E-state index contributed by atoms with van der Waals surface area (Å²) in [7, 11) is -9.09. The van der Waals surface area contributed by atoms with Crippen LogP contribution < -0.4 is 40.2 Å². The molecule has 0 aliphatic carbocycles. The van der Waals surface area contributed by atoms with Crippen LogP contribution in [0.5, 0.6) is 17.2 Å². The maximum atomic E-state index is 13.8. The minimum Gasteiger partial charge on any atom is -0.768 e. The van der Waals surface area contributed by atoms with Crippen LogP contribution in [0.4, 0.5) is 17.6 Å². The Hall–Kier alpha value is -3.50. The van der Waals surface area contributed by atoms with Crippen molar-refractivity contribution < 1.29 is 70.8 Å². The number of aliphatic carboxylic acids is 1. The molecule has 0 fully saturated rings. The molecule has 0 saturated carbocycles. The van der Waals surface area contributed by atoms with Gasteiger partial charge in [0.05, 0.1) is 38.2 Å². The molecule has 0 bridgehead atoms. The number of nitrogens with one attached hydrogen (secondary N) is 1. The molecule has 3 aromatic rings. The molecule has 1 heterocycles. The van der Waals surface area contributed by atoms with Gasteiger partial charge in [0.1, 0.15) is 27.8 Å². The molecular weight excluding hydrogens is 683 g/mol. The molecule has 46 heavy (non-hydrogen) atoms. The van der Waals surface area contributed by atoms with E-state index in [4.69, 9.17) is 29.2 Å². The molecule has 1 atom stereocenters. The normalized spacial score (nSPS) is 12.8. The summed E-state index contributed by atoms with van der Waals surface area (Å²) in [4.78, 5) is 21.2. The summed E-state index contributed by atoms with van der Waals surface area (Å²) >= 11 is 0.985. The SMILES string of the molecule is CCc1c(S(=O)(=O)NCP(=O)([O-])Oc2ccc(C#N)c(F)c2)sc2cc(OCCC[NH3+])c(OCCC[NH3+])cc12.O=C([O-])C(F)(F)F. The summed E-state index contributed by atoms with van der Waals surface area (Å²) in [6, 6.07) is 7.99. The number of thiophene rings is 1. The highest BCUT2D eigenvalue weighted by Crippen LogP contribution is 2.43. The van der Waals surface area contributed by atoms with Gasteiger partial charge < -0.3 is 40.3 Å². The topological polar surface area (TPSA) is 233 Å². The van der Waals surface area contributed by atoms with E-state index in [0.717, 1.165) is 42.4 Å². The summed E-state index contributed by atoms with van der Waals surface area (Å²) in [6.45, 7) is 4.02. The number of ether oxygens (including phenoxy) is 2. The number of rotatable bonds is 15. The zero-order chi connectivity index (χ0) is 34.7. The van der Waals surface area contributed by atoms with Crippen LogP contribution >= 0.6 is 18.9 Å². The number of hydrogen-bond donors (Lipinski definition) is 3. The number of quaternary nitrogens is 2. The number of aryl methyl sites for hydroxylation is 1. The Morgan fingerprint density at radius 2 is 1.67 bits per heavy atom. The molecule has 7 N–H and O–H groups in total. The van der Waals surface area contributed by atoms with Crippen LogP contribution in [0.2, 0.25) is 0 Å². The molecule has 2 aromatic carbocycles. The van der Waals surface area contributed by atoms with Crippen LogP contribution in [0.25, 0.3) is 10.1 Å². The quantitative estimate of drug-likeness (QED) is 0.113. The van der Waals surface area contributed by atoms with Crippen LogP contribution in [0.3, 0.4) is 0 Å². The van der Waals surface area contributed by atoms with Crippen molar-refractivity contribution in [2.24, 2.45) is 0 Å². The minimum atomic E-state index is -5.19. The van der Waals surface area contributed by atoms with Gasteiger partial charge in [-0.1, -0.05) is 6.92 Å². The number of carbonyl (C=O) groups is 1. The van der Waals surface area contributed by atoms with E-state index in [9.17, 15) is 35.4 Å². The van der Waals surface area contributed by atoms with Crippen molar-refractivity contribution in [3.05, 3.63) is 47.3 Å². The first-order valence-electron chi connectivity index (χ1n) is 13.4. The van der Waals surface area contributed by atoms with Gasteiger partial charge in [0.2, 0.25) is 0 Å². The van der Waals surface area contributed by atoms with E-state index in [1.54, 1.807) is 25.1 Å². The summed E-state index contributed by atoms with van der Waals surface area (Å²) in [5, 5.41) is 18.2. The first-order valence-corrected chi connectivity index (χ1v) is 17.4. The predicted octanol–water partition coefficient (Wildman–Crippen LogP) is 0.663. The molecule has 0 saturated heterocycles. The zero-order valence-electron chi connectivity index (χ0n) is 24.4. The number of nitrogens with zero attached hydrogens (tertiary/aromatic N) is 1. The van der Waals surface area contributed by atoms with Crippen molar-refractivity contribution in [2.75, 3.05) is 32.6 Å². The van der Waals surface area contributed by atoms with Crippen molar-refractivity contribution in [3.8, 4) is 23.3 Å². The Labute approximate surface area is 265 Å². The third-order valence-electron chi connectivity index (χ3n) is 5.71. The van der Waals surface area contributed by atoms with E-state index in [-0.39, 0.29) is 15.5 Å². The number of carboxylic acid groups (broad SMARTS) is 1. The van der Waals surface area contributed by atoms with Gasteiger partial charge in [0.25, 0.3) is 10.0 Å². The monoisotopic (exact) mass is 714 g/mol. The lowest BCUT2D eigenvalue weighted by Gasteiger charge is -2.24. The standard InChI is InChI=1S/C24H30FN4O7PS2.C2HF3O2/c1-2-18-19-12-21(34-9-3-7-26)22(35-10-4-8-27)13-23(19)38-24(18)39(32,33)29-15-37(30,31)36-17-6-5-16(14-28)20(25)11-17;3-2(4,5)1(6)7/h5-6,11-13,29H,2-4,7-10,15,26-27H2,1H3,(H,30,31);(H,6,7). The van der Waals surface area contributed by atoms with Crippen LogP contribution in [-0.2, 0) is 25.8 Å². The molecule has 0 aliphatic rings. The lowest BCUT2D eigenvalue weighted by atomic mass is 10.1. The van der Waals surface area contributed by atoms with E-state index >= 15 is 0 Å². The molecule has 1 aromatic heterocycles. The Morgan fingerprint density at radius 1 is 1.11 bits per heavy atom. The molecule has 0 spiro atoms. The van der Waals surface area contributed by atoms with Gasteiger partial charge in [0, 0.05) is 35.1 Å². The minimum absolute atomic E-state index is 0.0389. The van der Waals surface area contributed by atoms with Gasteiger partial charge in [-0.25, -0.2) is 17.5 Å². The lowest BCUT2D eigenvalue weighted by Crippen LogP contribution is -2.50. The maximum Gasteiger partial charge on any atom is 0.430 e. The van der Waals surface area contributed by atoms with Crippen molar-refractivity contribution in [1.29, 1.82) is 5.26 Å². The van der Waals surface area contributed by atoms with E-state index < -0.39 is 41.9 Å². The molecule has 0 amide bonds. The van der Waals surface area contributed by atoms with Gasteiger partial charge in [-0.3, -0.25) is 4.57 Å². The molecule has 1 unspecified atom stereocenters. The second-order valence-electron chi connectivity index (χ2n) is 9.17. The first-order chi connectivity index (χ1) is 21.5. The summed E-state index contributed by atoms with van der Waals surface area (Å²) in [5.41, 5.74) is 7.83. The highest BCUT2D eigenvalue weighted by molar-refractivity contribution is 7.92. The van der Waals surface area contributed by atoms with Gasteiger partial charge in [-0.05, 0) is 30.2 Å². The number of benzene rings is 2. The van der Waals surface area contributed by atoms with Crippen molar-refractivity contribution in [3.63, 3.8) is 0 Å². The number of carbonyl (C=O) groups excluding carboxylic acids is 1. The average Bonchev–Trinajstić information content (AvgIpc) is 3.34. The number of alkyl halides is 3. The highest BCUT2D eigenvalue weighted by atomic mass is 32.2. The van der Waals surface area contributed by atoms with Crippen LogP contribution in [0, 0.1) is 17.1 Å². The molecule has 254 valence electrons. The number of halogens is 4. The summed E-state index contributed by atoms with van der Waals surface area (Å²) in [6.07, 6.45) is -4.44. The predicted molar refractivity (Wildman–Crippen MR) is 153 cm³/mol. The zero-order valence-corrected chi connectivity index (χ0v) is 26.9. The van der Waals surface area contributed by atoms with Gasteiger partial charge in [-0.2, -0.15) is 18.4 Å². The van der Waals surface area contributed by atoms with Crippen LogP contribution in [0.1, 0.15) is 30.9 Å². The highest BCUT2D eigenvalue weighted by Gasteiger charge is 2.29. The molecular formula is C26H31F4N4O9PS2. The Bertz CT molecular complexity index is 1710. The fourth-order valence-corrected chi connectivity index (χ4v) is 7.99. The Morgan fingerprint density at radius 3 is 2.15 bits per heavy atom. The van der Waals surface area contributed by atoms with Crippen molar-refractivity contribution in [2.45, 2.75) is 36.6 Å². The number of carboxylic acids is 1. The van der Waals surface area contributed by atoms with E-state index in [1.165, 1.54) is 0 Å². The van der Waals surface area contributed by atoms with Gasteiger partial charge >= 0.3 is 6.18 Å². The molecule has 13 nitrogen and oxygen atoms in total. The first kappa shape index (κ1) is 38.7. The molecule has 3 rings (SSSR count). The fraction of sp³-hybridized carbons (Fsp3) is 0.385. The number of nitriles is 1. The second kappa shape index (κ2) is 16.9. The third-order valence-corrected chi connectivity index (χ3v) is 10.1. The molecule has 0 radical (unpaired) electrons. The summed E-state index contributed by atoms with van der Waals surface area (Å²) < 4.78 is 104. The van der Waals surface area contributed by atoms with Crippen molar-refractivity contribution in [1.82, 2.24) is 4.72 Å². The molecule has 0 aliphatic heterocycles. The third kappa shape index (κ3) is 11.1. The Kier molecular flexibility index (Phi) is 14.2. The lowest BCUT2D eigenvalue weighted by molar-refractivity contribution is -0.369. The number of fused-ring (bicyclic) bond motifs is 1. The smallest absolute Gasteiger partial charge is 0.430 e. The van der Waals surface area contributed by atoms with Crippen LogP contribution in [-0.4, -0.2) is 53.2 Å². The van der Waals surface area contributed by atoms with Gasteiger partial charge in [-0.15, -0.1) is 11.3 Å². The van der Waals surface area contributed by atoms with Crippen molar-refractivity contribution >= 4 is 45.0 Å². The number of hydrogen-bond acceptors (Lipinski definition) is 11. The molecule has 20 heteroatoms. The van der Waals surface area contributed by atoms with E-state index in [2.05, 4.69) is 16.2 Å². The van der Waals surface area contributed by atoms with E-state index in [0.29, 0.717) is 59.9 Å². The van der Waals surface area contributed by atoms with E-state index in [1.807, 2.05) is 0 Å². The Balaban J connectivity index is 0.000000942. The largest absolute Gasteiger partial charge is 0.768 e. The fourth-order valence-electron chi connectivity index (χ4n) is 3.54. The summed E-state index contributed by atoms with van der Waals surface area (Å²) in [5.74, 6) is -3.38. The van der Waals surface area contributed by atoms with Crippen LogP contribution in [0.15, 0.2) is 34.5 Å². The average molecular weight is 715 g/mol. The second-order valence-corrected chi connectivity index (χ2v) is 13.9. The maximum absolute atomic E-state index is 13.8. The van der Waals surface area contributed by atoms with Gasteiger partial charge in [0.15, 0.2) is 19.1 Å². The number of sulfonamides is 1.